The van der Waals surface area contributed by atoms with Crippen LogP contribution in [0, 0.1) is 5.82 Å². The van der Waals surface area contributed by atoms with Crippen molar-refractivity contribution < 1.29 is 14.6 Å². The number of halogens is 1. The molecule has 0 fully saturated rings. The van der Waals surface area contributed by atoms with E-state index in [2.05, 4.69) is 0 Å². The van der Waals surface area contributed by atoms with Crippen LogP contribution in [0.2, 0.25) is 0 Å². The van der Waals surface area contributed by atoms with E-state index in [1.807, 2.05) is 6.92 Å². The van der Waals surface area contributed by atoms with Gasteiger partial charge in [0.25, 0.3) is 0 Å². The highest BCUT2D eigenvalue weighted by molar-refractivity contribution is 5.49. The van der Waals surface area contributed by atoms with Crippen molar-refractivity contribution in [2.45, 2.75) is 20.0 Å². The summed E-state index contributed by atoms with van der Waals surface area (Å²) in [5, 5.41) is 18.2. The molecule has 1 rings (SSSR count). The maximum absolute atomic E-state index is 13.7. The number of anilines is 1. The summed E-state index contributed by atoms with van der Waals surface area (Å²) < 4.78 is 13.7. The molecule has 0 saturated heterocycles. The molecule has 0 amide bonds. The lowest BCUT2D eigenvalue weighted by Crippen LogP contribution is -2.27. The quantitative estimate of drug-likeness (QED) is 0.804. The minimum Gasteiger partial charge on any atom is -0.395 e. The van der Waals surface area contributed by atoms with Crippen LogP contribution in [0.15, 0.2) is 18.2 Å². The Morgan fingerprint density at radius 3 is 2.56 bits per heavy atom. The van der Waals surface area contributed by atoms with Crippen molar-refractivity contribution in [3.63, 3.8) is 0 Å². The maximum Gasteiger partial charge on any atom is 0.146 e. The molecule has 90 valence electrons. The van der Waals surface area contributed by atoms with Gasteiger partial charge in [-0.15, -0.1) is 0 Å². The van der Waals surface area contributed by atoms with Crippen LogP contribution < -0.4 is 4.90 Å². The van der Waals surface area contributed by atoms with E-state index in [1.165, 1.54) is 6.07 Å². The molecule has 0 radical (unpaired) electrons. The fourth-order valence-electron chi connectivity index (χ4n) is 1.61. The minimum absolute atomic E-state index is 0.00850. The molecule has 0 heterocycles. The Morgan fingerprint density at radius 1 is 1.44 bits per heavy atom. The normalized spacial score (nSPS) is 12.6. The molecule has 0 saturated carbocycles. The van der Waals surface area contributed by atoms with E-state index >= 15 is 0 Å². The summed E-state index contributed by atoms with van der Waals surface area (Å²) in [5.74, 6) is -0.367. The zero-order valence-electron chi connectivity index (χ0n) is 9.65. The summed E-state index contributed by atoms with van der Waals surface area (Å²) >= 11 is 0. The molecule has 0 spiro atoms. The Morgan fingerprint density at radius 2 is 2.12 bits per heavy atom. The topological polar surface area (TPSA) is 43.7 Å². The lowest BCUT2D eigenvalue weighted by Gasteiger charge is -2.23. The summed E-state index contributed by atoms with van der Waals surface area (Å²) in [6.07, 6.45) is -0.670. The standard InChI is InChI=1S/C12H18FNO2/c1-3-14(6-7-15)12-5-4-10(9(2)16)8-11(12)13/h4-5,8-9,15-16H,3,6-7H2,1-2H3. The number of rotatable bonds is 5. The Hall–Kier alpha value is -1.13. The zero-order chi connectivity index (χ0) is 12.1. The molecule has 2 N–H and O–H groups in total. The average Bonchev–Trinajstić information content (AvgIpc) is 2.26. The van der Waals surface area contributed by atoms with Gasteiger partial charge in [-0.05, 0) is 31.5 Å². The van der Waals surface area contributed by atoms with E-state index in [9.17, 15) is 9.50 Å². The van der Waals surface area contributed by atoms with Crippen LogP contribution in [-0.4, -0.2) is 29.9 Å². The summed E-state index contributed by atoms with van der Waals surface area (Å²) in [7, 11) is 0. The van der Waals surface area contributed by atoms with Gasteiger partial charge in [-0.25, -0.2) is 4.39 Å². The van der Waals surface area contributed by atoms with Gasteiger partial charge in [-0.1, -0.05) is 6.07 Å². The second-order valence-electron chi connectivity index (χ2n) is 3.69. The number of aliphatic hydroxyl groups excluding tert-OH is 2. The van der Waals surface area contributed by atoms with Crippen molar-refractivity contribution in [1.82, 2.24) is 0 Å². The molecule has 1 unspecified atom stereocenters. The maximum atomic E-state index is 13.7. The van der Waals surface area contributed by atoms with Crippen molar-refractivity contribution in [3.8, 4) is 0 Å². The molecule has 4 heteroatoms. The Balaban J connectivity index is 2.96. The lowest BCUT2D eigenvalue weighted by atomic mass is 10.1. The number of likely N-dealkylation sites (N-methyl/N-ethyl adjacent to an activating group) is 1. The monoisotopic (exact) mass is 227 g/mol. The largest absolute Gasteiger partial charge is 0.395 e. The molecular formula is C12H18FNO2. The number of nitrogens with zero attached hydrogens (tertiary/aromatic N) is 1. The molecule has 16 heavy (non-hydrogen) atoms. The number of hydrogen-bond acceptors (Lipinski definition) is 3. The number of benzene rings is 1. The molecule has 0 aromatic heterocycles. The van der Waals surface area contributed by atoms with Gasteiger partial charge >= 0.3 is 0 Å². The third-order valence-electron chi connectivity index (χ3n) is 2.55. The van der Waals surface area contributed by atoms with E-state index in [1.54, 1.807) is 24.0 Å². The van der Waals surface area contributed by atoms with Gasteiger partial charge in [-0.3, -0.25) is 0 Å². The summed E-state index contributed by atoms with van der Waals surface area (Å²) in [6, 6.07) is 4.67. The molecule has 0 aliphatic carbocycles. The van der Waals surface area contributed by atoms with Crippen LogP contribution in [0.5, 0.6) is 0 Å². The second kappa shape index (κ2) is 5.82. The molecule has 1 atom stereocenters. The van der Waals surface area contributed by atoms with Crippen LogP contribution in [0.25, 0.3) is 0 Å². The molecular weight excluding hydrogens is 209 g/mol. The van der Waals surface area contributed by atoms with Crippen molar-refractivity contribution >= 4 is 5.69 Å². The van der Waals surface area contributed by atoms with E-state index < -0.39 is 6.10 Å². The highest BCUT2D eigenvalue weighted by atomic mass is 19.1. The third-order valence-corrected chi connectivity index (χ3v) is 2.55. The lowest BCUT2D eigenvalue weighted by molar-refractivity contribution is 0.199. The van der Waals surface area contributed by atoms with Gasteiger partial charge < -0.3 is 15.1 Å². The van der Waals surface area contributed by atoms with E-state index in [0.717, 1.165) is 0 Å². The first-order valence-electron chi connectivity index (χ1n) is 5.43. The van der Waals surface area contributed by atoms with Gasteiger partial charge in [0.1, 0.15) is 5.82 Å². The van der Waals surface area contributed by atoms with Gasteiger partial charge in [0.2, 0.25) is 0 Å². The Labute approximate surface area is 95.1 Å². The van der Waals surface area contributed by atoms with E-state index in [0.29, 0.717) is 24.3 Å². The number of hydrogen-bond donors (Lipinski definition) is 2. The van der Waals surface area contributed by atoms with Gasteiger partial charge in [-0.2, -0.15) is 0 Å². The first-order valence-corrected chi connectivity index (χ1v) is 5.43. The van der Waals surface area contributed by atoms with Crippen LogP contribution in [0.4, 0.5) is 10.1 Å². The molecule has 0 aliphatic heterocycles. The molecule has 1 aromatic carbocycles. The molecule has 3 nitrogen and oxygen atoms in total. The van der Waals surface area contributed by atoms with Crippen LogP contribution in [-0.2, 0) is 0 Å². The van der Waals surface area contributed by atoms with Gasteiger partial charge in [0, 0.05) is 13.1 Å². The highest BCUT2D eigenvalue weighted by Crippen LogP contribution is 2.23. The van der Waals surface area contributed by atoms with Crippen LogP contribution in [0.1, 0.15) is 25.5 Å². The van der Waals surface area contributed by atoms with Gasteiger partial charge in [0.05, 0.1) is 18.4 Å². The summed E-state index contributed by atoms with van der Waals surface area (Å²) in [6.45, 7) is 4.52. The minimum atomic E-state index is -0.670. The first-order chi connectivity index (χ1) is 7.60. The van der Waals surface area contributed by atoms with E-state index in [4.69, 9.17) is 5.11 Å². The third kappa shape index (κ3) is 2.93. The van der Waals surface area contributed by atoms with Crippen LogP contribution >= 0.6 is 0 Å². The fourth-order valence-corrected chi connectivity index (χ4v) is 1.61. The summed E-state index contributed by atoms with van der Waals surface area (Å²) in [4.78, 5) is 1.75. The average molecular weight is 227 g/mol. The van der Waals surface area contributed by atoms with Gasteiger partial charge in [0.15, 0.2) is 0 Å². The molecule has 0 bridgehead atoms. The predicted molar refractivity (Wildman–Crippen MR) is 62.0 cm³/mol. The predicted octanol–water partition coefficient (Wildman–Crippen LogP) is 1.70. The van der Waals surface area contributed by atoms with Crippen LogP contribution in [0.3, 0.4) is 0 Å². The van der Waals surface area contributed by atoms with Crippen molar-refractivity contribution in [3.05, 3.63) is 29.6 Å². The van der Waals surface area contributed by atoms with E-state index in [-0.39, 0.29) is 12.4 Å². The summed E-state index contributed by atoms with van der Waals surface area (Å²) in [5.41, 5.74) is 1.02. The highest BCUT2D eigenvalue weighted by Gasteiger charge is 2.11. The second-order valence-corrected chi connectivity index (χ2v) is 3.69. The zero-order valence-corrected chi connectivity index (χ0v) is 9.65. The first kappa shape index (κ1) is 12.9. The number of aliphatic hydroxyl groups is 2. The van der Waals surface area contributed by atoms with Crippen molar-refractivity contribution in [2.75, 3.05) is 24.6 Å². The van der Waals surface area contributed by atoms with Crippen molar-refractivity contribution in [2.24, 2.45) is 0 Å². The Kier molecular flexibility index (Phi) is 4.71. The molecule has 0 aliphatic rings. The fraction of sp³-hybridized carbons (Fsp3) is 0.500. The molecule has 1 aromatic rings. The van der Waals surface area contributed by atoms with Crippen molar-refractivity contribution in [1.29, 1.82) is 0 Å². The smallest absolute Gasteiger partial charge is 0.146 e. The Bertz CT molecular complexity index is 342. The SMILES string of the molecule is CCN(CCO)c1ccc(C(C)O)cc1F.